The van der Waals surface area contributed by atoms with E-state index in [0.29, 0.717) is 0 Å². The quantitative estimate of drug-likeness (QED) is 0.810. The fourth-order valence-electron chi connectivity index (χ4n) is 1.95. The van der Waals surface area contributed by atoms with Crippen molar-refractivity contribution in [3.63, 3.8) is 0 Å². The number of carbonyl (C=O) groups excluding carboxylic acids is 2. The van der Waals surface area contributed by atoms with Crippen molar-refractivity contribution in [3.05, 3.63) is 53.6 Å². The summed E-state index contributed by atoms with van der Waals surface area (Å²) in [6.45, 7) is -0.468. The molecule has 1 N–H and O–H groups in total. The lowest BCUT2D eigenvalue weighted by Gasteiger charge is -2.12. The van der Waals surface area contributed by atoms with Gasteiger partial charge in [0.25, 0.3) is 5.91 Å². The van der Waals surface area contributed by atoms with E-state index in [1.165, 1.54) is 32.4 Å². The first-order valence-corrected chi connectivity index (χ1v) is 7.08. The molecule has 6 nitrogen and oxygen atoms in total. The number of halogens is 2. The lowest BCUT2D eigenvalue weighted by atomic mass is 10.2. The fourth-order valence-corrected chi connectivity index (χ4v) is 1.95. The zero-order valence-corrected chi connectivity index (χ0v) is 13.5. The van der Waals surface area contributed by atoms with Crippen molar-refractivity contribution < 1.29 is 32.6 Å². The number of ether oxygens (including phenoxy) is 3. The van der Waals surface area contributed by atoms with Gasteiger partial charge in [-0.05, 0) is 30.3 Å². The van der Waals surface area contributed by atoms with Crippen LogP contribution in [0.4, 0.5) is 14.5 Å². The molecular formula is C17H15F2NO5. The fraction of sp³-hybridized carbons (Fsp3) is 0.176. The van der Waals surface area contributed by atoms with Crippen molar-refractivity contribution in [1.82, 2.24) is 0 Å². The highest BCUT2D eigenvalue weighted by Crippen LogP contribution is 2.28. The third-order valence-corrected chi connectivity index (χ3v) is 3.15. The topological polar surface area (TPSA) is 73.9 Å². The lowest BCUT2D eigenvalue weighted by molar-refractivity contribution is -0.118. The summed E-state index contributed by atoms with van der Waals surface area (Å²) < 4.78 is 41.5. The van der Waals surface area contributed by atoms with E-state index in [1.807, 2.05) is 0 Å². The monoisotopic (exact) mass is 351 g/mol. The van der Waals surface area contributed by atoms with E-state index in [9.17, 15) is 18.4 Å². The second kappa shape index (κ2) is 8.09. The molecule has 0 aliphatic heterocycles. The van der Waals surface area contributed by atoms with Gasteiger partial charge in [-0.25, -0.2) is 13.6 Å². The van der Waals surface area contributed by atoms with Gasteiger partial charge in [0.1, 0.15) is 11.6 Å². The summed E-state index contributed by atoms with van der Waals surface area (Å²) in [5.74, 6) is -2.28. The van der Waals surface area contributed by atoms with Gasteiger partial charge in [-0.2, -0.15) is 0 Å². The first kappa shape index (κ1) is 18.2. The Morgan fingerprint density at radius 2 is 1.80 bits per heavy atom. The van der Waals surface area contributed by atoms with Gasteiger partial charge in [0.05, 0.1) is 25.5 Å². The average Bonchev–Trinajstić information content (AvgIpc) is 2.62. The van der Waals surface area contributed by atoms with Crippen LogP contribution in [0.3, 0.4) is 0 Å². The van der Waals surface area contributed by atoms with Crippen molar-refractivity contribution in [1.29, 1.82) is 0 Å². The van der Waals surface area contributed by atoms with Crippen LogP contribution in [0.5, 0.6) is 11.5 Å². The van der Waals surface area contributed by atoms with Gasteiger partial charge in [-0.15, -0.1) is 0 Å². The molecule has 0 saturated carbocycles. The van der Waals surface area contributed by atoms with Gasteiger partial charge in [0.15, 0.2) is 18.1 Å². The predicted octanol–water partition coefficient (Wildman–Crippen LogP) is 2.78. The van der Waals surface area contributed by atoms with Gasteiger partial charge in [0, 0.05) is 6.07 Å². The van der Waals surface area contributed by atoms with E-state index in [1.54, 1.807) is 0 Å². The van der Waals surface area contributed by atoms with Crippen molar-refractivity contribution >= 4 is 17.6 Å². The molecule has 25 heavy (non-hydrogen) atoms. The van der Waals surface area contributed by atoms with Crippen LogP contribution in [0.15, 0.2) is 36.4 Å². The number of hydrogen-bond acceptors (Lipinski definition) is 5. The van der Waals surface area contributed by atoms with Gasteiger partial charge >= 0.3 is 5.97 Å². The highest BCUT2D eigenvalue weighted by atomic mass is 19.1. The lowest BCUT2D eigenvalue weighted by Crippen LogP contribution is -2.21. The Morgan fingerprint density at radius 1 is 1.04 bits per heavy atom. The molecular weight excluding hydrogens is 336 g/mol. The molecule has 0 heterocycles. The van der Waals surface area contributed by atoms with Crippen LogP contribution in [-0.2, 0) is 9.53 Å². The summed E-state index contributed by atoms with van der Waals surface area (Å²) in [6.07, 6.45) is 0. The molecule has 0 aromatic heterocycles. The molecule has 2 rings (SSSR count). The Bertz CT molecular complexity index is 795. The third kappa shape index (κ3) is 4.66. The Kier molecular flexibility index (Phi) is 5.89. The molecule has 132 valence electrons. The largest absolute Gasteiger partial charge is 0.493 e. The number of anilines is 1. The Labute approximate surface area is 142 Å². The van der Waals surface area contributed by atoms with Crippen LogP contribution in [-0.4, -0.2) is 32.7 Å². The maximum Gasteiger partial charge on any atom is 0.337 e. The SMILES string of the molecule is COC(=O)c1ccc(OCC(=O)Nc2cc(F)ccc2F)c(OC)c1. The molecule has 0 atom stereocenters. The van der Waals surface area contributed by atoms with E-state index in [2.05, 4.69) is 10.1 Å². The van der Waals surface area contributed by atoms with Gasteiger partial charge in [-0.1, -0.05) is 0 Å². The second-order valence-corrected chi connectivity index (χ2v) is 4.82. The number of carbonyl (C=O) groups is 2. The molecule has 0 fully saturated rings. The Hall–Kier alpha value is -3.16. The molecule has 0 aliphatic carbocycles. The molecule has 0 radical (unpaired) electrons. The van der Waals surface area contributed by atoms with Crippen molar-refractivity contribution in [3.8, 4) is 11.5 Å². The summed E-state index contributed by atoms with van der Waals surface area (Å²) >= 11 is 0. The molecule has 2 aromatic rings. The zero-order chi connectivity index (χ0) is 18.4. The number of nitrogens with one attached hydrogen (secondary N) is 1. The van der Waals surface area contributed by atoms with Crippen molar-refractivity contribution in [2.45, 2.75) is 0 Å². The number of amides is 1. The van der Waals surface area contributed by atoms with Crippen molar-refractivity contribution in [2.24, 2.45) is 0 Å². The summed E-state index contributed by atoms with van der Waals surface area (Å²) in [7, 11) is 2.61. The molecule has 0 aliphatic rings. The maximum atomic E-state index is 13.5. The third-order valence-electron chi connectivity index (χ3n) is 3.15. The number of hydrogen-bond donors (Lipinski definition) is 1. The first-order chi connectivity index (χ1) is 11.9. The summed E-state index contributed by atoms with van der Waals surface area (Å²) in [4.78, 5) is 23.3. The van der Waals surface area contributed by atoms with E-state index in [4.69, 9.17) is 9.47 Å². The van der Waals surface area contributed by atoms with E-state index < -0.39 is 30.1 Å². The number of methoxy groups -OCH3 is 2. The molecule has 0 saturated heterocycles. The highest BCUT2D eigenvalue weighted by molar-refractivity contribution is 5.92. The van der Waals surface area contributed by atoms with Gasteiger partial charge in [0.2, 0.25) is 0 Å². The van der Waals surface area contributed by atoms with E-state index in [-0.39, 0.29) is 22.7 Å². The highest BCUT2D eigenvalue weighted by Gasteiger charge is 2.13. The molecule has 0 unspecified atom stereocenters. The van der Waals surface area contributed by atoms with E-state index >= 15 is 0 Å². The van der Waals surface area contributed by atoms with Crippen LogP contribution in [0, 0.1) is 11.6 Å². The summed E-state index contributed by atoms with van der Waals surface area (Å²) in [5.41, 5.74) is -0.0420. The van der Waals surface area contributed by atoms with Gasteiger partial charge < -0.3 is 19.5 Å². The smallest absolute Gasteiger partial charge is 0.337 e. The number of esters is 1. The average molecular weight is 351 g/mol. The number of rotatable bonds is 6. The zero-order valence-electron chi connectivity index (χ0n) is 13.5. The maximum absolute atomic E-state index is 13.5. The Balaban J connectivity index is 2.04. The van der Waals surface area contributed by atoms with Crippen LogP contribution >= 0.6 is 0 Å². The standard InChI is InChI=1S/C17H15F2NO5/c1-23-15-7-10(17(22)24-2)3-6-14(15)25-9-16(21)20-13-8-11(18)4-5-12(13)19/h3-8H,9H2,1-2H3,(H,20,21). The van der Waals surface area contributed by atoms with Crippen LogP contribution in [0.2, 0.25) is 0 Å². The molecule has 2 aromatic carbocycles. The minimum Gasteiger partial charge on any atom is -0.493 e. The van der Waals surface area contributed by atoms with Gasteiger partial charge in [-0.3, -0.25) is 4.79 Å². The summed E-state index contributed by atoms with van der Waals surface area (Å²) in [5, 5.41) is 2.20. The minimum absolute atomic E-state index is 0.199. The van der Waals surface area contributed by atoms with Crippen LogP contribution in [0.25, 0.3) is 0 Å². The predicted molar refractivity (Wildman–Crippen MR) is 84.8 cm³/mol. The Morgan fingerprint density at radius 3 is 2.48 bits per heavy atom. The molecule has 0 spiro atoms. The normalized spacial score (nSPS) is 10.1. The molecule has 8 heteroatoms. The molecule has 1 amide bonds. The van der Waals surface area contributed by atoms with Crippen LogP contribution in [0.1, 0.15) is 10.4 Å². The second-order valence-electron chi connectivity index (χ2n) is 4.82. The van der Waals surface area contributed by atoms with Crippen molar-refractivity contribution in [2.75, 3.05) is 26.1 Å². The summed E-state index contributed by atoms with van der Waals surface area (Å²) in [6, 6.07) is 6.97. The number of benzene rings is 2. The first-order valence-electron chi connectivity index (χ1n) is 7.08. The van der Waals surface area contributed by atoms with E-state index in [0.717, 1.165) is 18.2 Å². The molecule has 0 bridgehead atoms. The minimum atomic E-state index is -0.769. The van der Waals surface area contributed by atoms with Crippen LogP contribution < -0.4 is 14.8 Å².